The molecule has 0 radical (unpaired) electrons. The lowest BCUT2D eigenvalue weighted by Gasteiger charge is -2.20. The van der Waals surface area contributed by atoms with Gasteiger partial charge in [0.1, 0.15) is 0 Å². The predicted octanol–water partition coefficient (Wildman–Crippen LogP) is 3.84. The van der Waals surface area contributed by atoms with E-state index in [9.17, 15) is 18.0 Å². The quantitative estimate of drug-likeness (QED) is 0.867. The molecule has 0 saturated carbocycles. The molecule has 0 aliphatic rings. The van der Waals surface area contributed by atoms with Crippen LogP contribution in [0.3, 0.4) is 0 Å². The van der Waals surface area contributed by atoms with Crippen molar-refractivity contribution in [2.24, 2.45) is 5.92 Å². The number of carbonyl (C=O) groups is 1. The summed E-state index contributed by atoms with van der Waals surface area (Å²) in [5.74, 6) is -2.14. The fourth-order valence-corrected chi connectivity index (χ4v) is 1.84. The third-order valence-corrected chi connectivity index (χ3v) is 3.06. The van der Waals surface area contributed by atoms with Gasteiger partial charge in [-0.15, -0.1) is 0 Å². The molecule has 5 heteroatoms. The molecule has 0 spiro atoms. The Morgan fingerprint density at radius 3 is 2.32 bits per heavy atom. The van der Waals surface area contributed by atoms with Gasteiger partial charge in [0.15, 0.2) is 0 Å². The van der Waals surface area contributed by atoms with Crippen molar-refractivity contribution in [3.8, 4) is 0 Å². The van der Waals surface area contributed by atoms with Gasteiger partial charge < -0.3 is 5.32 Å². The second-order valence-electron chi connectivity index (χ2n) is 4.55. The van der Waals surface area contributed by atoms with Crippen molar-refractivity contribution in [1.82, 2.24) is 5.32 Å². The Balaban J connectivity index is 2.56. The number of amides is 1. The number of alkyl halides is 3. The Morgan fingerprint density at radius 1 is 1.26 bits per heavy atom. The highest BCUT2D eigenvalue weighted by Crippen LogP contribution is 2.31. The van der Waals surface area contributed by atoms with E-state index >= 15 is 0 Å². The molecule has 0 heterocycles. The number of rotatable bonds is 5. The van der Waals surface area contributed by atoms with Crippen LogP contribution in [0.1, 0.15) is 38.3 Å². The van der Waals surface area contributed by atoms with Crippen LogP contribution in [0.2, 0.25) is 0 Å². The molecule has 1 aromatic carbocycles. The molecular formula is C14H18F3NO. The van der Waals surface area contributed by atoms with Crippen LogP contribution in [0.15, 0.2) is 30.3 Å². The minimum atomic E-state index is -4.32. The minimum absolute atomic E-state index is 0.0867. The molecule has 0 bridgehead atoms. The van der Waals surface area contributed by atoms with E-state index in [0.717, 1.165) is 5.56 Å². The molecule has 19 heavy (non-hydrogen) atoms. The Bertz CT molecular complexity index is 403. The first-order chi connectivity index (χ1) is 8.84. The van der Waals surface area contributed by atoms with Gasteiger partial charge >= 0.3 is 6.18 Å². The van der Waals surface area contributed by atoms with E-state index in [1.165, 1.54) is 6.92 Å². The summed E-state index contributed by atoms with van der Waals surface area (Å²) in [7, 11) is 0. The Labute approximate surface area is 111 Å². The van der Waals surface area contributed by atoms with Crippen molar-refractivity contribution in [3.05, 3.63) is 35.9 Å². The first-order valence-corrected chi connectivity index (χ1v) is 6.25. The van der Waals surface area contributed by atoms with E-state index < -0.39 is 24.4 Å². The highest BCUT2D eigenvalue weighted by atomic mass is 19.4. The van der Waals surface area contributed by atoms with Gasteiger partial charge in [-0.1, -0.05) is 37.3 Å². The monoisotopic (exact) mass is 273 g/mol. The van der Waals surface area contributed by atoms with E-state index in [4.69, 9.17) is 0 Å². The van der Waals surface area contributed by atoms with Crippen molar-refractivity contribution in [2.45, 2.75) is 38.9 Å². The predicted molar refractivity (Wildman–Crippen MR) is 67.5 cm³/mol. The summed E-state index contributed by atoms with van der Waals surface area (Å²) in [6.45, 7) is 3.19. The summed E-state index contributed by atoms with van der Waals surface area (Å²) in [4.78, 5) is 11.6. The van der Waals surface area contributed by atoms with Crippen molar-refractivity contribution in [3.63, 3.8) is 0 Å². The van der Waals surface area contributed by atoms with E-state index in [1.54, 1.807) is 6.92 Å². The smallest absolute Gasteiger partial charge is 0.350 e. The van der Waals surface area contributed by atoms with Crippen LogP contribution in [0, 0.1) is 5.92 Å². The van der Waals surface area contributed by atoms with Gasteiger partial charge in [-0.25, -0.2) is 0 Å². The van der Waals surface area contributed by atoms with Crippen molar-refractivity contribution < 1.29 is 18.0 Å². The molecule has 1 unspecified atom stereocenters. The first kappa shape index (κ1) is 15.5. The lowest BCUT2D eigenvalue weighted by atomic mass is 10.0. The third-order valence-electron chi connectivity index (χ3n) is 3.06. The van der Waals surface area contributed by atoms with Crippen molar-refractivity contribution in [1.29, 1.82) is 0 Å². The fourth-order valence-electron chi connectivity index (χ4n) is 1.84. The zero-order valence-corrected chi connectivity index (χ0v) is 11.0. The summed E-state index contributed by atoms with van der Waals surface area (Å²) in [6, 6.07) is 8.84. The number of halogens is 3. The maximum atomic E-state index is 12.6. The van der Waals surface area contributed by atoms with Crippen LogP contribution < -0.4 is 5.32 Å². The average molecular weight is 273 g/mol. The second-order valence-corrected chi connectivity index (χ2v) is 4.55. The second kappa shape index (κ2) is 6.59. The standard InChI is InChI=1S/C14H18F3NO/c1-3-12(14(15,16)17)9-13(19)18-10(2)11-7-5-4-6-8-11/h4-8,10,12H,3,9H2,1-2H3,(H,18,19)/t10-,12?/m0/s1. The third kappa shape index (κ3) is 4.93. The van der Waals surface area contributed by atoms with Gasteiger partial charge in [0.25, 0.3) is 0 Å². The maximum Gasteiger partial charge on any atom is 0.392 e. The van der Waals surface area contributed by atoms with Gasteiger partial charge in [-0.3, -0.25) is 4.79 Å². The number of nitrogens with one attached hydrogen (secondary N) is 1. The zero-order chi connectivity index (χ0) is 14.5. The Hall–Kier alpha value is -1.52. The molecule has 2 atom stereocenters. The molecule has 1 rings (SSSR count). The van der Waals surface area contributed by atoms with Gasteiger partial charge in [0.05, 0.1) is 12.0 Å². The minimum Gasteiger partial charge on any atom is -0.350 e. The summed E-state index contributed by atoms with van der Waals surface area (Å²) < 4.78 is 37.7. The molecule has 106 valence electrons. The summed E-state index contributed by atoms with van der Waals surface area (Å²) in [5.41, 5.74) is 0.871. The highest BCUT2D eigenvalue weighted by Gasteiger charge is 2.39. The summed E-state index contributed by atoms with van der Waals surface area (Å²) in [5, 5.41) is 2.59. The lowest BCUT2D eigenvalue weighted by molar-refractivity contribution is -0.179. The molecule has 0 aromatic heterocycles. The first-order valence-electron chi connectivity index (χ1n) is 6.25. The fraction of sp³-hybridized carbons (Fsp3) is 0.500. The summed E-state index contributed by atoms with van der Waals surface area (Å²) >= 11 is 0. The van der Waals surface area contributed by atoms with E-state index in [2.05, 4.69) is 5.32 Å². The van der Waals surface area contributed by atoms with Gasteiger partial charge in [0, 0.05) is 6.42 Å². The normalized spacial score (nSPS) is 14.8. The molecule has 2 nitrogen and oxygen atoms in total. The zero-order valence-electron chi connectivity index (χ0n) is 11.0. The van der Waals surface area contributed by atoms with Gasteiger partial charge in [-0.2, -0.15) is 13.2 Å². The molecule has 1 amide bonds. The molecule has 1 aromatic rings. The number of hydrogen-bond donors (Lipinski definition) is 1. The van der Waals surface area contributed by atoms with Crippen LogP contribution in [0.5, 0.6) is 0 Å². The molecule has 0 saturated heterocycles. The SMILES string of the molecule is CCC(CC(=O)N[C@@H](C)c1ccccc1)C(F)(F)F. The van der Waals surface area contributed by atoms with Crippen LogP contribution in [0.25, 0.3) is 0 Å². The van der Waals surface area contributed by atoms with Crippen molar-refractivity contribution in [2.75, 3.05) is 0 Å². The Morgan fingerprint density at radius 2 is 1.84 bits per heavy atom. The molecule has 0 fully saturated rings. The van der Waals surface area contributed by atoms with Crippen LogP contribution in [0.4, 0.5) is 13.2 Å². The van der Waals surface area contributed by atoms with Crippen LogP contribution >= 0.6 is 0 Å². The Kier molecular flexibility index (Phi) is 5.39. The van der Waals surface area contributed by atoms with Crippen molar-refractivity contribution >= 4 is 5.91 Å². The lowest BCUT2D eigenvalue weighted by Crippen LogP contribution is -2.32. The number of hydrogen-bond acceptors (Lipinski definition) is 1. The largest absolute Gasteiger partial charge is 0.392 e. The van der Waals surface area contributed by atoms with Gasteiger partial charge in [-0.05, 0) is 18.9 Å². The number of benzene rings is 1. The number of carbonyl (C=O) groups excluding carboxylic acids is 1. The van der Waals surface area contributed by atoms with Gasteiger partial charge in [0.2, 0.25) is 5.91 Å². The average Bonchev–Trinajstić information content (AvgIpc) is 2.35. The topological polar surface area (TPSA) is 29.1 Å². The molecular weight excluding hydrogens is 255 g/mol. The van der Waals surface area contributed by atoms with Crippen LogP contribution in [-0.4, -0.2) is 12.1 Å². The van der Waals surface area contributed by atoms with E-state index in [1.807, 2.05) is 30.3 Å². The van der Waals surface area contributed by atoms with Crippen LogP contribution in [-0.2, 0) is 4.79 Å². The molecule has 0 aliphatic carbocycles. The summed E-state index contributed by atoms with van der Waals surface area (Å²) in [6.07, 6.45) is -4.92. The maximum absolute atomic E-state index is 12.6. The molecule has 0 aliphatic heterocycles. The van der Waals surface area contributed by atoms with E-state index in [0.29, 0.717) is 0 Å². The van der Waals surface area contributed by atoms with E-state index in [-0.39, 0.29) is 12.5 Å². The molecule has 1 N–H and O–H groups in total. The highest BCUT2D eigenvalue weighted by molar-refractivity contribution is 5.76.